The molecule has 6 heteroatoms. The Morgan fingerprint density at radius 2 is 2.32 bits per heavy atom. The van der Waals surface area contributed by atoms with Gasteiger partial charge in [0.15, 0.2) is 0 Å². The van der Waals surface area contributed by atoms with Crippen molar-refractivity contribution in [2.24, 2.45) is 5.92 Å². The van der Waals surface area contributed by atoms with Gasteiger partial charge in [-0.25, -0.2) is 18.7 Å². The van der Waals surface area contributed by atoms with Gasteiger partial charge >= 0.3 is 0 Å². The molecule has 0 spiro atoms. The van der Waals surface area contributed by atoms with Gasteiger partial charge in [-0.15, -0.1) is 6.58 Å². The zero-order valence-electron chi connectivity index (χ0n) is 10.8. The number of rotatable bonds is 3. The number of hydrogen-bond donors (Lipinski definition) is 1. The fourth-order valence-corrected chi connectivity index (χ4v) is 2.20. The summed E-state index contributed by atoms with van der Waals surface area (Å²) in [6.45, 7) is 5.41. The van der Waals surface area contributed by atoms with E-state index < -0.39 is 11.8 Å². The lowest BCUT2D eigenvalue weighted by Gasteiger charge is -2.37. The lowest BCUT2D eigenvalue weighted by molar-refractivity contribution is -0.0546. The predicted octanol–water partition coefficient (Wildman–Crippen LogP) is 1.92. The average molecular weight is 269 g/mol. The second-order valence-corrected chi connectivity index (χ2v) is 4.76. The Labute approximate surface area is 110 Å². The molecular weight excluding hydrogens is 252 g/mol. The van der Waals surface area contributed by atoms with Gasteiger partial charge in [-0.3, -0.25) is 0 Å². The maximum atomic E-state index is 13.6. The summed E-state index contributed by atoms with van der Waals surface area (Å²) in [5, 5.41) is 9.12. The Morgan fingerprint density at radius 1 is 1.58 bits per heavy atom. The van der Waals surface area contributed by atoms with E-state index in [2.05, 4.69) is 16.5 Å². The third kappa shape index (κ3) is 2.89. The number of aryl methyl sites for hydroxylation is 1. The van der Waals surface area contributed by atoms with Crippen molar-refractivity contribution in [3.8, 4) is 0 Å². The van der Waals surface area contributed by atoms with Crippen molar-refractivity contribution in [1.29, 1.82) is 0 Å². The Bertz CT molecular complexity index is 479. The highest BCUT2D eigenvalue weighted by molar-refractivity contribution is 5.34. The average Bonchev–Trinajstić information content (AvgIpc) is 2.37. The molecule has 1 atom stereocenters. The van der Waals surface area contributed by atoms with Crippen LogP contribution in [0.25, 0.3) is 0 Å². The minimum atomic E-state index is -2.72. The summed E-state index contributed by atoms with van der Waals surface area (Å²) in [6.07, 6.45) is 1.05. The van der Waals surface area contributed by atoms with Crippen LogP contribution in [0.3, 0.4) is 0 Å². The van der Waals surface area contributed by atoms with E-state index in [0.29, 0.717) is 17.3 Å². The summed E-state index contributed by atoms with van der Waals surface area (Å²) in [6, 6.07) is 1.67. The molecule has 0 radical (unpaired) electrons. The van der Waals surface area contributed by atoms with Crippen LogP contribution < -0.4 is 4.90 Å². The van der Waals surface area contributed by atoms with Crippen LogP contribution in [0.15, 0.2) is 18.7 Å². The molecule has 1 saturated heterocycles. The van der Waals surface area contributed by atoms with Crippen LogP contribution in [0.1, 0.15) is 17.8 Å². The first-order chi connectivity index (χ1) is 8.96. The van der Waals surface area contributed by atoms with E-state index in [1.54, 1.807) is 17.9 Å². The summed E-state index contributed by atoms with van der Waals surface area (Å²) in [5.41, 5.74) is 1.21. The molecule has 2 rings (SSSR count). The van der Waals surface area contributed by atoms with Gasteiger partial charge < -0.3 is 10.0 Å². The lowest BCUT2D eigenvalue weighted by Crippen LogP contribution is -2.47. The normalized spacial score (nSPS) is 22.3. The summed E-state index contributed by atoms with van der Waals surface area (Å²) >= 11 is 0. The molecule has 1 unspecified atom stereocenters. The zero-order valence-corrected chi connectivity index (χ0v) is 10.8. The minimum Gasteiger partial charge on any atom is -0.390 e. The molecule has 0 bridgehead atoms. The van der Waals surface area contributed by atoms with Crippen molar-refractivity contribution in [3.63, 3.8) is 0 Å². The molecular formula is C13H17F2N3O. The largest absolute Gasteiger partial charge is 0.390 e. The molecule has 19 heavy (non-hydrogen) atoms. The summed E-state index contributed by atoms with van der Waals surface area (Å²) in [5.74, 6) is -3.23. The minimum absolute atomic E-state index is 0.144. The van der Waals surface area contributed by atoms with Crippen LogP contribution in [0.2, 0.25) is 0 Å². The Hall–Kier alpha value is -1.56. The molecule has 0 saturated carbocycles. The molecule has 104 valence electrons. The predicted molar refractivity (Wildman–Crippen MR) is 68.2 cm³/mol. The van der Waals surface area contributed by atoms with E-state index in [0.717, 1.165) is 0 Å². The maximum absolute atomic E-state index is 13.6. The first-order valence-electron chi connectivity index (χ1n) is 6.17. The van der Waals surface area contributed by atoms with Crippen molar-refractivity contribution in [2.45, 2.75) is 25.9 Å². The van der Waals surface area contributed by atoms with Crippen molar-refractivity contribution >= 4 is 5.95 Å². The van der Waals surface area contributed by atoms with Crippen molar-refractivity contribution in [1.82, 2.24) is 9.97 Å². The van der Waals surface area contributed by atoms with Crippen molar-refractivity contribution in [2.75, 3.05) is 18.0 Å². The number of piperidine rings is 1. The number of hydrogen-bond acceptors (Lipinski definition) is 4. The van der Waals surface area contributed by atoms with E-state index in [1.165, 1.54) is 6.08 Å². The standard InChI is InChI=1S/C13H17F2N3O/c1-3-10-7-18(5-4-13(10,14)15)12-16-9(2)6-11(8-19)17-12/h3,6,10,19H,1,4-5,7-8H2,2H3. The second kappa shape index (κ2) is 5.21. The van der Waals surface area contributed by atoms with Gasteiger partial charge in [0.1, 0.15) is 0 Å². The number of anilines is 1. The van der Waals surface area contributed by atoms with Gasteiger partial charge in [-0.2, -0.15) is 0 Å². The third-order valence-corrected chi connectivity index (χ3v) is 3.30. The fourth-order valence-electron chi connectivity index (χ4n) is 2.20. The summed E-state index contributed by atoms with van der Waals surface area (Å²) < 4.78 is 27.2. The monoisotopic (exact) mass is 269 g/mol. The molecule has 1 aliphatic heterocycles. The lowest BCUT2D eigenvalue weighted by atomic mass is 9.94. The van der Waals surface area contributed by atoms with Crippen LogP contribution in [0.4, 0.5) is 14.7 Å². The summed E-state index contributed by atoms with van der Waals surface area (Å²) in [4.78, 5) is 10.1. The van der Waals surface area contributed by atoms with Crippen LogP contribution in [0, 0.1) is 12.8 Å². The van der Waals surface area contributed by atoms with Crippen molar-refractivity contribution in [3.05, 3.63) is 30.1 Å². The molecule has 1 aliphatic rings. The van der Waals surface area contributed by atoms with Gasteiger partial charge in [-0.05, 0) is 13.0 Å². The number of aliphatic hydroxyl groups is 1. The summed E-state index contributed by atoms with van der Waals surface area (Å²) in [7, 11) is 0. The Morgan fingerprint density at radius 3 is 2.95 bits per heavy atom. The van der Waals surface area contributed by atoms with Crippen molar-refractivity contribution < 1.29 is 13.9 Å². The molecule has 0 aromatic carbocycles. The Balaban J connectivity index is 2.23. The van der Waals surface area contributed by atoms with Gasteiger partial charge in [0, 0.05) is 25.2 Å². The highest BCUT2D eigenvalue weighted by Gasteiger charge is 2.42. The highest BCUT2D eigenvalue weighted by Crippen LogP contribution is 2.35. The van der Waals surface area contributed by atoms with E-state index in [-0.39, 0.29) is 26.1 Å². The van der Waals surface area contributed by atoms with E-state index >= 15 is 0 Å². The van der Waals surface area contributed by atoms with Gasteiger partial charge in [0.2, 0.25) is 5.95 Å². The number of halogens is 2. The molecule has 0 amide bonds. The molecule has 1 aromatic rings. The first kappa shape index (κ1) is 13.9. The molecule has 2 heterocycles. The van der Waals surface area contributed by atoms with Crippen LogP contribution in [-0.4, -0.2) is 34.1 Å². The maximum Gasteiger partial charge on any atom is 0.257 e. The van der Waals surface area contributed by atoms with Crippen LogP contribution in [-0.2, 0) is 6.61 Å². The molecule has 1 fully saturated rings. The molecule has 1 N–H and O–H groups in total. The van der Waals surface area contributed by atoms with Gasteiger partial charge in [0.05, 0.1) is 18.2 Å². The topological polar surface area (TPSA) is 49.2 Å². The third-order valence-electron chi connectivity index (χ3n) is 3.30. The number of aliphatic hydroxyl groups excluding tert-OH is 1. The quantitative estimate of drug-likeness (QED) is 0.852. The molecule has 1 aromatic heterocycles. The molecule has 0 aliphatic carbocycles. The van der Waals surface area contributed by atoms with Gasteiger partial charge in [-0.1, -0.05) is 6.08 Å². The van der Waals surface area contributed by atoms with Crippen LogP contribution in [0.5, 0.6) is 0 Å². The van der Waals surface area contributed by atoms with Gasteiger partial charge in [0.25, 0.3) is 5.92 Å². The van der Waals surface area contributed by atoms with E-state index in [4.69, 9.17) is 5.11 Å². The van der Waals surface area contributed by atoms with Crippen LogP contribution >= 0.6 is 0 Å². The smallest absolute Gasteiger partial charge is 0.257 e. The molecule has 4 nitrogen and oxygen atoms in total. The number of nitrogens with zero attached hydrogens (tertiary/aromatic N) is 3. The highest BCUT2D eigenvalue weighted by atomic mass is 19.3. The fraction of sp³-hybridized carbons (Fsp3) is 0.538. The SMILES string of the molecule is C=CC1CN(c2nc(C)cc(CO)n2)CCC1(F)F. The van der Waals surface area contributed by atoms with E-state index in [1.807, 2.05) is 0 Å². The number of alkyl halides is 2. The zero-order chi connectivity index (χ0) is 14.0. The number of aromatic nitrogens is 2. The second-order valence-electron chi connectivity index (χ2n) is 4.76. The Kier molecular flexibility index (Phi) is 3.80. The first-order valence-corrected chi connectivity index (χ1v) is 6.17. The van der Waals surface area contributed by atoms with E-state index in [9.17, 15) is 8.78 Å².